The van der Waals surface area contributed by atoms with E-state index < -0.39 is 4.92 Å². The molecule has 1 unspecified atom stereocenters. The van der Waals surface area contributed by atoms with E-state index >= 15 is 0 Å². The van der Waals surface area contributed by atoms with Crippen LogP contribution < -0.4 is 5.32 Å². The molecule has 108 valence electrons. The summed E-state index contributed by atoms with van der Waals surface area (Å²) in [7, 11) is 0. The summed E-state index contributed by atoms with van der Waals surface area (Å²) in [6, 6.07) is 10.6. The quantitative estimate of drug-likeness (QED) is 0.630. The van der Waals surface area contributed by atoms with E-state index in [1.54, 1.807) is 23.5 Å². The van der Waals surface area contributed by atoms with Gasteiger partial charge in [-0.1, -0.05) is 25.5 Å². The molecule has 21 heavy (non-hydrogen) atoms. The van der Waals surface area contributed by atoms with Gasteiger partial charge in [0.05, 0.1) is 11.0 Å². The van der Waals surface area contributed by atoms with Crippen molar-refractivity contribution in [1.82, 2.24) is 0 Å². The molecule has 0 aliphatic heterocycles. The summed E-state index contributed by atoms with van der Waals surface area (Å²) in [5.74, 6) is 0. The first-order valence-electron chi connectivity index (χ1n) is 6.64. The minimum atomic E-state index is -0.502. The van der Waals surface area contributed by atoms with Crippen LogP contribution in [0.15, 0.2) is 35.7 Å². The summed E-state index contributed by atoms with van der Waals surface area (Å²) < 4.78 is 0. The van der Waals surface area contributed by atoms with Gasteiger partial charge in [-0.15, -0.1) is 11.3 Å². The number of benzene rings is 1. The third kappa shape index (κ3) is 3.38. The fourth-order valence-electron chi connectivity index (χ4n) is 2.20. The highest BCUT2D eigenvalue weighted by Gasteiger charge is 2.22. The van der Waals surface area contributed by atoms with E-state index in [2.05, 4.69) is 12.2 Å². The van der Waals surface area contributed by atoms with Crippen LogP contribution in [0.1, 0.15) is 36.2 Å². The number of thiophene rings is 1. The number of para-hydroxylation sites is 1. The van der Waals surface area contributed by atoms with Gasteiger partial charge < -0.3 is 5.32 Å². The first kappa shape index (κ1) is 15.0. The molecule has 1 atom stereocenters. The first-order chi connectivity index (χ1) is 10.2. The molecule has 1 N–H and O–H groups in total. The summed E-state index contributed by atoms with van der Waals surface area (Å²) in [4.78, 5) is 11.9. The van der Waals surface area contributed by atoms with Crippen LogP contribution in [0.3, 0.4) is 0 Å². The van der Waals surface area contributed by atoms with Gasteiger partial charge in [0.2, 0.25) is 0 Å². The number of nitro groups is 1. The van der Waals surface area contributed by atoms with Crippen LogP contribution in [0.2, 0.25) is 0 Å². The summed E-state index contributed by atoms with van der Waals surface area (Å²) in [6.45, 7) is 2.07. The zero-order valence-electron chi connectivity index (χ0n) is 11.6. The third-order valence-electron chi connectivity index (χ3n) is 3.13. The maximum absolute atomic E-state index is 11.2. The highest BCUT2D eigenvalue weighted by Crippen LogP contribution is 2.33. The summed E-state index contributed by atoms with van der Waals surface area (Å²) in [6.07, 6.45) is 1.83. The fourth-order valence-corrected chi connectivity index (χ4v) is 3.01. The molecule has 1 aromatic carbocycles. The van der Waals surface area contributed by atoms with Gasteiger partial charge in [0, 0.05) is 4.88 Å². The Bertz CT molecular complexity index is 662. The lowest BCUT2D eigenvalue weighted by Crippen LogP contribution is -2.11. The minimum Gasteiger partial charge on any atom is -0.372 e. The monoisotopic (exact) mass is 301 g/mol. The lowest BCUT2D eigenvalue weighted by molar-refractivity contribution is -0.384. The summed E-state index contributed by atoms with van der Waals surface area (Å²) in [5, 5.41) is 25.5. The van der Waals surface area contributed by atoms with E-state index in [-0.39, 0.29) is 17.3 Å². The number of anilines is 1. The predicted octanol–water partition coefficient (Wildman–Crippen LogP) is 4.48. The van der Waals surface area contributed by atoms with Crippen molar-refractivity contribution in [2.45, 2.75) is 25.8 Å². The number of nitrogens with one attached hydrogen (secondary N) is 1. The molecule has 2 rings (SSSR count). The molecule has 1 heterocycles. The fraction of sp³-hybridized carbons (Fsp3) is 0.267. The zero-order chi connectivity index (χ0) is 15.2. The van der Waals surface area contributed by atoms with Crippen molar-refractivity contribution < 1.29 is 4.92 Å². The van der Waals surface area contributed by atoms with Crippen LogP contribution in [-0.4, -0.2) is 4.92 Å². The molecule has 0 spiro atoms. The van der Waals surface area contributed by atoms with Gasteiger partial charge in [0.25, 0.3) is 0 Å². The van der Waals surface area contributed by atoms with E-state index in [9.17, 15) is 10.1 Å². The van der Waals surface area contributed by atoms with E-state index in [4.69, 9.17) is 5.26 Å². The molecule has 0 amide bonds. The number of nitriles is 1. The number of nitrogens with zero attached hydrogens (tertiary/aromatic N) is 2. The second-order valence-electron chi connectivity index (χ2n) is 4.57. The number of hydrogen-bond donors (Lipinski definition) is 1. The molecule has 0 aliphatic carbocycles. The molecule has 0 fully saturated rings. The Morgan fingerprint density at radius 2 is 2.24 bits per heavy atom. The van der Waals surface area contributed by atoms with Gasteiger partial charge in [0.1, 0.15) is 17.3 Å². The van der Waals surface area contributed by atoms with E-state index in [0.717, 1.165) is 17.7 Å². The molecule has 2 aromatic rings. The normalized spacial score (nSPS) is 11.6. The molecule has 0 aliphatic rings. The number of rotatable bonds is 6. The van der Waals surface area contributed by atoms with Crippen molar-refractivity contribution in [3.05, 3.63) is 56.3 Å². The topological polar surface area (TPSA) is 79.0 Å². The zero-order valence-corrected chi connectivity index (χ0v) is 12.4. The van der Waals surface area contributed by atoms with Crippen LogP contribution in [0.25, 0.3) is 0 Å². The second-order valence-corrected chi connectivity index (χ2v) is 5.55. The molecular formula is C15H15N3O2S. The maximum atomic E-state index is 11.2. The predicted molar refractivity (Wildman–Crippen MR) is 83.4 cm³/mol. The third-order valence-corrected chi connectivity index (χ3v) is 4.12. The molecule has 0 saturated heterocycles. The van der Waals surface area contributed by atoms with Crippen LogP contribution in [-0.2, 0) is 0 Å². The van der Waals surface area contributed by atoms with Crippen LogP contribution >= 0.6 is 11.3 Å². The van der Waals surface area contributed by atoms with Crippen molar-refractivity contribution in [3.63, 3.8) is 0 Å². The highest BCUT2D eigenvalue weighted by atomic mass is 32.1. The molecule has 0 radical (unpaired) electrons. The maximum Gasteiger partial charge on any atom is 0.309 e. The second kappa shape index (κ2) is 6.86. The van der Waals surface area contributed by atoms with Crippen molar-refractivity contribution in [2.75, 3.05) is 5.32 Å². The Kier molecular flexibility index (Phi) is 4.90. The van der Waals surface area contributed by atoms with Gasteiger partial charge in [-0.05, 0) is 30.0 Å². The van der Waals surface area contributed by atoms with Crippen molar-refractivity contribution in [1.29, 1.82) is 5.26 Å². The van der Waals surface area contributed by atoms with Crippen LogP contribution in [0.4, 0.5) is 11.4 Å². The van der Waals surface area contributed by atoms with Crippen molar-refractivity contribution >= 4 is 22.7 Å². The van der Waals surface area contributed by atoms with Crippen molar-refractivity contribution in [2.24, 2.45) is 0 Å². The molecule has 0 saturated carbocycles. The van der Waals surface area contributed by atoms with E-state index in [0.29, 0.717) is 5.69 Å². The average Bonchev–Trinajstić information content (AvgIpc) is 3.00. The average molecular weight is 301 g/mol. The van der Waals surface area contributed by atoms with Gasteiger partial charge >= 0.3 is 5.69 Å². The Labute approximate surface area is 127 Å². The summed E-state index contributed by atoms with van der Waals surface area (Å²) in [5.41, 5.74) is 0.315. The Balaban J connectivity index is 2.37. The molecule has 5 nitrogen and oxygen atoms in total. The number of hydrogen-bond acceptors (Lipinski definition) is 5. The Morgan fingerprint density at radius 3 is 2.81 bits per heavy atom. The van der Waals surface area contributed by atoms with Gasteiger partial charge in [-0.25, -0.2) is 0 Å². The summed E-state index contributed by atoms with van der Waals surface area (Å²) >= 11 is 1.62. The van der Waals surface area contributed by atoms with Crippen molar-refractivity contribution in [3.8, 4) is 6.07 Å². The molecule has 0 bridgehead atoms. The lowest BCUT2D eigenvalue weighted by Gasteiger charge is -2.18. The smallest absolute Gasteiger partial charge is 0.309 e. The molecule has 1 aromatic heterocycles. The molecular weight excluding hydrogens is 286 g/mol. The van der Waals surface area contributed by atoms with Gasteiger partial charge in [0.15, 0.2) is 0 Å². The standard InChI is InChI=1S/C15H15N3O2S/c1-2-5-12(14-8-4-9-21-14)17-13-7-3-6-11(10-16)15(13)18(19)20/h3-4,6-9,12,17H,2,5H2,1H3. The Hall–Kier alpha value is -2.39. The molecule has 6 heteroatoms. The SMILES string of the molecule is CCCC(Nc1cccc(C#N)c1[N+](=O)[O-])c1cccs1. The number of nitro benzene ring substituents is 1. The van der Waals surface area contributed by atoms with Crippen LogP contribution in [0, 0.1) is 21.4 Å². The Morgan fingerprint density at radius 1 is 1.43 bits per heavy atom. The lowest BCUT2D eigenvalue weighted by atomic mass is 10.1. The van der Waals surface area contributed by atoms with Gasteiger partial charge in [-0.2, -0.15) is 5.26 Å². The van der Waals surface area contributed by atoms with E-state index in [1.165, 1.54) is 6.07 Å². The largest absolute Gasteiger partial charge is 0.372 e. The van der Waals surface area contributed by atoms with E-state index in [1.807, 2.05) is 23.6 Å². The first-order valence-corrected chi connectivity index (χ1v) is 7.52. The van der Waals surface area contributed by atoms with Crippen LogP contribution in [0.5, 0.6) is 0 Å². The highest BCUT2D eigenvalue weighted by molar-refractivity contribution is 7.10. The minimum absolute atomic E-state index is 0.0163. The van der Waals surface area contributed by atoms with Gasteiger partial charge in [-0.3, -0.25) is 10.1 Å².